The van der Waals surface area contributed by atoms with Crippen molar-refractivity contribution in [3.05, 3.63) is 53.8 Å². The molecule has 0 amide bonds. The Balaban J connectivity index is 2.35. The molecule has 0 atom stereocenters. The average molecular weight is 261 g/mol. The van der Waals surface area contributed by atoms with Crippen LogP contribution in [-0.4, -0.2) is 18.2 Å². The Labute approximate surface area is 109 Å². The predicted octanol–water partition coefficient (Wildman–Crippen LogP) is 3.06. The lowest BCUT2D eigenvalue weighted by atomic mass is 10.1. The molecule has 0 unspecified atom stereocenters. The minimum atomic E-state index is -0.524. The Kier molecular flexibility index (Phi) is 3.66. The second kappa shape index (κ2) is 5.39. The van der Waals surface area contributed by atoms with Crippen LogP contribution >= 0.6 is 0 Å². The lowest BCUT2D eigenvalue weighted by Gasteiger charge is -2.11. The fourth-order valence-electron chi connectivity index (χ4n) is 1.61. The van der Waals surface area contributed by atoms with Crippen LogP contribution in [0.5, 0.6) is 5.75 Å². The van der Waals surface area contributed by atoms with Gasteiger partial charge in [0.25, 0.3) is 0 Å². The van der Waals surface area contributed by atoms with E-state index < -0.39 is 5.97 Å². The number of nitrogens with one attached hydrogen (secondary N) is 1. The zero-order valence-corrected chi connectivity index (χ0v) is 10.2. The van der Waals surface area contributed by atoms with Crippen molar-refractivity contribution >= 4 is 17.3 Å². The van der Waals surface area contributed by atoms with E-state index >= 15 is 0 Å². The van der Waals surface area contributed by atoms with Gasteiger partial charge in [-0.05, 0) is 36.4 Å². The summed E-state index contributed by atoms with van der Waals surface area (Å²) in [7, 11) is 1.27. The van der Waals surface area contributed by atoms with E-state index in [1.807, 2.05) is 0 Å². The molecule has 2 aromatic rings. The molecule has 2 rings (SSSR count). The number of esters is 1. The number of halogens is 1. The highest BCUT2D eigenvalue weighted by Gasteiger charge is 2.12. The number of anilines is 2. The number of hydrogen-bond donors (Lipinski definition) is 2. The third-order valence-corrected chi connectivity index (χ3v) is 2.53. The van der Waals surface area contributed by atoms with Crippen molar-refractivity contribution in [3.8, 4) is 5.75 Å². The zero-order chi connectivity index (χ0) is 13.8. The summed E-state index contributed by atoms with van der Waals surface area (Å²) in [5.41, 5.74) is 1.26. The summed E-state index contributed by atoms with van der Waals surface area (Å²) < 4.78 is 17.5. The van der Waals surface area contributed by atoms with Gasteiger partial charge >= 0.3 is 5.97 Å². The molecule has 5 heteroatoms. The number of carbonyl (C=O) groups excluding carboxylic acids is 1. The van der Waals surface area contributed by atoms with Gasteiger partial charge in [-0.15, -0.1) is 0 Å². The van der Waals surface area contributed by atoms with Crippen LogP contribution in [0.4, 0.5) is 15.8 Å². The Bertz CT molecular complexity index is 596. The maximum atomic E-state index is 12.8. The molecule has 0 spiro atoms. The molecule has 19 heavy (non-hydrogen) atoms. The summed E-state index contributed by atoms with van der Waals surface area (Å²) in [5.74, 6) is -0.864. The third-order valence-electron chi connectivity index (χ3n) is 2.53. The van der Waals surface area contributed by atoms with Crippen molar-refractivity contribution in [1.29, 1.82) is 0 Å². The number of phenols is 1. The Morgan fingerprint density at radius 3 is 2.53 bits per heavy atom. The van der Waals surface area contributed by atoms with Gasteiger partial charge < -0.3 is 15.2 Å². The second-order valence-electron chi connectivity index (χ2n) is 3.85. The first-order valence-corrected chi connectivity index (χ1v) is 5.54. The smallest absolute Gasteiger partial charge is 0.339 e. The lowest BCUT2D eigenvalue weighted by Crippen LogP contribution is -2.05. The van der Waals surface area contributed by atoms with E-state index in [0.29, 0.717) is 11.4 Å². The molecule has 2 N–H and O–H groups in total. The normalized spacial score (nSPS) is 10.0. The largest absolute Gasteiger partial charge is 0.508 e. The summed E-state index contributed by atoms with van der Waals surface area (Å²) in [6.07, 6.45) is 0. The monoisotopic (exact) mass is 261 g/mol. The fraction of sp³-hybridized carbons (Fsp3) is 0.0714. The van der Waals surface area contributed by atoms with Gasteiger partial charge in [0.2, 0.25) is 0 Å². The summed E-state index contributed by atoms with van der Waals surface area (Å²) in [6, 6.07) is 9.89. The summed E-state index contributed by atoms with van der Waals surface area (Å²) in [5, 5.41) is 12.4. The maximum absolute atomic E-state index is 12.8. The number of hydrogen-bond acceptors (Lipinski definition) is 4. The fourth-order valence-corrected chi connectivity index (χ4v) is 1.61. The first kappa shape index (κ1) is 12.9. The molecule has 0 saturated carbocycles. The van der Waals surface area contributed by atoms with Crippen LogP contribution in [0.3, 0.4) is 0 Å². The number of methoxy groups -OCH3 is 1. The van der Waals surface area contributed by atoms with E-state index in [1.165, 1.54) is 49.6 Å². The van der Waals surface area contributed by atoms with Crippen molar-refractivity contribution in [2.24, 2.45) is 0 Å². The van der Waals surface area contributed by atoms with Crippen molar-refractivity contribution in [1.82, 2.24) is 0 Å². The molecular formula is C14H12FNO3. The van der Waals surface area contributed by atoms with Crippen molar-refractivity contribution in [3.63, 3.8) is 0 Å². The molecular weight excluding hydrogens is 249 g/mol. The number of carbonyl (C=O) groups is 1. The number of ether oxygens (including phenoxy) is 1. The van der Waals surface area contributed by atoms with Gasteiger partial charge in [-0.25, -0.2) is 9.18 Å². The number of benzene rings is 2. The Morgan fingerprint density at radius 1 is 1.21 bits per heavy atom. The SMILES string of the molecule is COC(=O)c1ccc(O)cc1Nc1ccc(F)cc1. The number of rotatable bonds is 3. The zero-order valence-electron chi connectivity index (χ0n) is 10.2. The first-order chi connectivity index (χ1) is 9.10. The molecule has 98 valence electrons. The van der Waals surface area contributed by atoms with E-state index in [9.17, 15) is 14.3 Å². The van der Waals surface area contributed by atoms with Gasteiger partial charge in [0.1, 0.15) is 11.6 Å². The van der Waals surface area contributed by atoms with Crippen molar-refractivity contribution in [2.45, 2.75) is 0 Å². The van der Waals surface area contributed by atoms with Gasteiger partial charge in [-0.2, -0.15) is 0 Å². The number of phenolic OH excluding ortho intramolecular Hbond substituents is 1. The average Bonchev–Trinajstić information content (AvgIpc) is 2.41. The highest BCUT2D eigenvalue weighted by atomic mass is 19.1. The van der Waals surface area contributed by atoms with Gasteiger partial charge in [-0.3, -0.25) is 0 Å². The van der Waals surface area contributed by atoms with Crippen LogP contribution in [0, 0.1) is 5.82 Å². The van der Waals surface area contributed by atoms with Gasteiger partial charge in [-0.1, -0.05) is 0 Å². The van der Waals surface area contributed by atoms with Crippen LogP contribution < -0.4 is 5.32 Å². The molecule has 0 aromatic heterocycles. The Morgan fingerprint density at radius 2 is 1.89 bits per heavy atom. The highest BCUT2D eigenvalue weighted by molar-refractivity contribution is 5.96. The van der Waals surface area contributed by atoms with Crippen LogP contribution in [0.25, 0.3) is 0 Å². The van der Waals surface area contributed by atoms with E-state index in [1.54, 1.807) is 0 Å². The van der Waals surface area contributed by atoms with Crippen LogP contribution in [0.1, 0.15) is 10.4 Å². The molecule has 0 fully saturated rings. The molecule has 0 radical (unpaired) electrons. The molecule has 0 bridgehead atoms. The van der Waals surface area contributed by atoms with Gasteiger partial charge in [0.15, 0.2) is 0 Å². The predicted molar refractivity (Wildman–Crippen MR) is 69.1 cm³/mol. The van der Waals surface area contributed by atoms with Crippen LogP contribution in [0.15, 0.2) is 42.5 Å². The molecule has 0 aliphatic carbocycles. The number of aromatic hydroxyl groups is 1. The van der Waals surface area contributed by atoms with E-state index in [2.05, 4.69) is 10.1 Å². The standard InChI is InChI=1S/C14H12FNO3/c1-19-14(18)12-7-6-11(17)8-13(12)16-10-4-2-9(15)3-5-10/h2-8,16-17H,1H3. The van der Waals surface area contributed by atoms with Crippen molar-refractivity contribution in [2.75, 3.05) is 12.4 Å². The third kappa shape index (κ3) is 3.01. The summed E-state index contributed by atoms with van der Waals surface area (Å²) >= 11 is 0. The molecule has 0 saturated heterocycles. The van der Waals surface area contributed by atoms with E-state index in [0.717, 1.165) is 0 Å². The molecule has 2 aromatic carbocycles. The molecule has 0 aliphatic heterocycles. The minimum absolute atomic E-state index is 0.0114. The summed E-state index contributed by atoms with van der Waals surface area (Å²) in [6.45, 7) is 0. The quantitative estimate of drug-likeness (QED) is 0.834. The minimum Gasteiger partial charge on any atom is -0.508 e. The van der Waals surface area contributed by atoms with E-state index in [4.69, 9.17) is 0 Å². The molecule has 0 aliphatic rings. The van der Waals surface area contributed by atoms with Crippen LogP contribution in [-0.2, 0) is 4.74 Å². The topological polar surface area (TPSA) is 58.6 Å². The van der Waals surface area contributed by atoms with E-state index in [-0.39, 0.29) is 17.1 Å². The summed E-state index contributed by atoms with van der Waals surface area (Å²) in [4.78, 5) is 11.6. The van der Waals surface area contributed by atoms with Gasteiger partial charge in [0.05, 0.1) is 18.4 Å². The molecule has 0 heterocycles. The lowest BCUT2D eigenvalue weighted by molar-refractivity contribution is 0.0602. The van der Waals surface area contributed by atoms with Gasteiger partial charge in [0, 0.05) is 11.8 Å². The van der Waals surface area contributed by atoms with Crippen molar-refractivity contribution < 1.29 is 19.0 Å². The molecule has 4 nitrogen and oxygen atoms in total. The van der Waals surface area contributed by atoms with Crippen LogP contribution in [0.2, 0.25) is 0 Å². The Hall–Kier alpha value is -2.56. The first-order valence-electron chi connectivity index (χ1n) is 5.54. The second-order valence-corrected chi connectivity index (χ2v) is 3.85. The highest BCUT2D eigenvalue weighted by Crippen LogP contribution is 2.26. The maximum Gasteiger partial charge on any atom is 0.339 e.